The van der Waals surface area contributed by atoms with E-state index >= 15 is 0 Å². The molecule has 68 valence electrons. The van der Waals surface area contributed by atoms with Crippen molar-refractivity contribution in [1.82, 2.24) is 5.32 Å². The van der Waals surface area contributed by atoms with Gasteiger partial charge in [0.2, 0.25) is 0 Å². The van der Waals surface area contributed by atoms with Gasteiger partial charge >= 0.3 is 0 Å². The molecule has 0 fully saturated rings. The second-order valence-electron chi connectivity index (χ2n) is 2.75. The third kappa shape index (κ3) is 2.68. The largest absolute Gasteiger partial charge is 0.468 e. The molecule has 0 bridgehead atoms. The number of furan rings is 1. The molecule has 0 saturated carbocycles. The van der Waals surface area contributed by atoms with E-state index in [0.717, 1.165) is 12.2 Å². The Morgan fingerprint density at radius 3 is 3.00 bits per heavy atom. The van der Waals surface area contributed by atoms with Gasteiger partial charge in [0.25, 0.3) is 0 Å². The minimum Gasteiger partial charge on any atom is -0.468 e. The molecule has 0 spiro atoms. The lowest BCUT2D eigenvalue weighted by Gasteiger charge is -2.11. The van der Waals surface area contributed by atoms with E-state index in [0.29, 0.717) is 6.54 Å². The Kier molecular flexibility index (Phi) is 3.84. The van der Waals surface area contributed by atoms with E-state index in [9.17, 15) is 0 Å². The van der Waals surface area contributed by atoms with Gasteiger partial charge < -0.3 is 14.8 Å². The van der Waals surface area contributed by atoms with Crippen LogP contribution in [0.25, 0.3) is 0 Å². The zero-order chi connectivity index (χ0) is 8.81. The van der Waals surface area contributed by atoms with Crippen molar-refractivity contribution < 1.29 is 9.52 Å². The van der Waals surface area contributed by atoms with Crippen molar-refractivity contribution in [3.63, 3.8) is 0 Å². The molecule has 0 aliphatic heterocycles. The van der Waals surface area contributed by atoms with Crippen LogP contribution in [0, 0.1) is 0 Å². The molecule has 1 rings (SSSR count). The van der Waals surface area contributed by atoms with Gasteiger partial charge in [-0.05, 0) is 18.6 Å². The molecule has 0 aromatic carbocycles. The lowest BCUT2D eigenvalue weighted by molar-refractivity contribution is 0.235. The first-order valence-corrected chi connectivity index (χ1v) is 4.23. The van der Waals surface area contributed by atoms with Crippen molar-refractivity contribution in [1.29, 1.82) is 0 Å². The van der Waals surface area contributed by atoms with Gasteiger partial charge in [-0.3, -0.25) is 0 Å². The van der Waals surface area contributed by atoms with Gasteiger partial charge in [0.05, 0.1) is 19.4 Å². The summed E-state index contributed by atoms with van der Waals surface area (Å²) in [6, 6.07) is 3.95. The van der Waals surface area contributed by atoms with Gasteiger partial charge in [-0.15, -0.1) is 0 Å². The number of nitrogens with one attached hydrogen (secondary N) is 1. The van der Waals surface area contributed by atoms with E-state index in [1.807, 2.05) is 19.1 Å². The smallest absolute Gasteiger partial charge is 0.117 e. The van der Waals surface area contributed by atoms with Gasteiger partial charge in [-0.25, -0.2) is 0 Å². The second-order valence-corrected chi connectivity index (χ2v) is 2.75. The molecule has 1 heterocycles. The molecular formula is C9H15NO2. The number of rotatable bonds is 5. The Hall–Kier alpha value is -0.800. The summed E-state index contributed by atoms with van der Waals surface area (Å²) in [6.07, 6.45) is 2.58. The molecule has 1 aromatic heterocycles. The zero-order valence-electron chi connectivity index (χ0n) is 7.29. The van der Waals surface area contributed by atoms with E-state index in [4.69, 9.17) is 9.52 Å². The lowest BCUT2D eigenvalue weighted by atomic mass is 10.2. The van der Waals surface area contributed by atoms with Crippen LogP contribution >= 0.6 is 0 Å². The molecule has 2 N–H and O–H groups in total. The first kappa shape index (κ1) is 9.29. The zero-order valence-corrected chi connectivity index (χ0v) is 7.29. The summed E-state index contributed by atoms with van der Waals surface area (Å²) in [7, 11) is 0. The van der Waals surface area contributed by atoms with Crippen molar-refractivity contribution in [3.8, 4) is 0 Å². The normalized spacial score (nSPS) is 13.2. The summed E-state index contributed by atoms with van der Waals surface area (Å²) in [5.74, 6) is 0.905. The Labute approximate surface area is 72.4 Å². The second kappa shape index (κ2) is 4.95. The van der Waals surface area contributed by atoms with Crippen molar-refractivity contribution >= 4 is 0 Å². The highest BCUT2D eigenvalue weighted by Gasteiger charge is 2.03. The molecule has 0 aliphatic rings. The van der Waals surface area contributed by atoms with E-state index in [2.05, 4.69) is 5.32 Å². The Morgan fingerprint density at radius 1 is 1.67 bits per heavy atom. The molecule has 1 unspecified atom stereocenters. The van der Waals surface area contributed by atoms with Crippen molar-refractivity contribution in [2.75, 3.05) is 6.61 Å². The van der Waals surface area contributed by atoms with Crippen LogP contribution in [0.2, 0.25) is 0 Å². The van der Waals surface area contributed by atoms with Crippen molar-refractivity contribution in [3.05, 3.63) is 24.2 Å². The predicted molar refractivity (Wildman–Crippen MR) is 46.7 cm³/mol. The minimum atomic E-state index is 0.176. The summed E-state index contributed by atoms with van der Waals surface area (Å²) in [5.41, 5.74) is 0. The molecule has 12 heavy (non-hydrogen) atoms. The summed E-state index contributed by atoms with van der Waals surface area (Å²) < 4.78 is 5.13. The lowest BCUT2D eigenvalue weighted by Crippen LogP contribution is -2.30. The molecule has 1 aromatic rings. The summed E-state index contributed by atoms with van der Waals surface area (Å²) >= 11 is 0. The minimum absolute atomic E-state index is 0.176. The van der Waals surface area contributed by atoms with Gasteiger partial charge in [0.15, 0.2) is 0 Å². The average Bonchev–Trinajstić information content (AvgIpc) is 2.59. The number of aliphatic hydroxyl groups excluding tert-OH is 1. The van der Waals surface area contributed by atoms with Gasteiger partial charge in [-0.2, -0.15) is 0 Å². The highest BCUT2D eigenvalue weighted by Crippen LogP contribution is 2.00. The summed E-state index contributed by atoms with van der Waals surface area (Å²) in [4.78, 5) is 0. The predicted octanol–water partition coefficient (Wildman–Crippen LogP) is 1.14. The number of hydrogen-bond donors (Lipinski definition) is 2. The topological polar surface area (TPSA) is 45.4 Å². The van der Waals surface area contributed by atoms with E-state index in [1.54, 1.807) is 6.26 Å². The standard InChI is InChI=1S/C9H15NO2/c1-2-8(7-11)10-6-9-4-3-5-12-9/h3-5,8,10-11H,2,6-7H2,1H3. The molecule has 0 saturated heterocycles. The molecule has 0 aliphatic carbocycles. The summed E-state index contributed by atoms with van der Waals surface area (Å²) in [5, 5.41) is 12.0. The molecule has 3 heteroatoms. The van der Waals surface area contributed by atoms with Gasteiger partial charge in [-0.1, -0.05) is 6.92 Å². The van der Waals surface area contributed by atoms with Crippen LogP contribution in [0.4, 0.5) is 0 Å². The molecule has 1 atom stereocenters. The van der Waals surface area contributed by atoms with Crippen molar-refractivity contribution in [2.24, 2.45) is 0 Å². The van der Waals surface area contributed by atoms with Gasteiger partial charge in [0.1, 0.15) is 5.76 Å². The average molecular weight is 169 g/mol. The van der Waals surface area contributed by atoms with Crippen LogP contribution in [0.5, 0.6) is 0 Å². The van der Waals surface area contributed by atoms with E-state index in [1.165, 1.54) is 0 Å². The molecule has 0 radical (unpaired) electrons. The van der Waals surface area contributed by atoms with Crippen LogP contribution in [0.3, 0.4) is 0 Å². The van der Waals surface area contributed by atoms with Gasteiger partial charge in [0, 0.05) is 6.04 Å². The molecular weight excluding hydrogens is 154 g/mol. The number of aliphatic hydroxyl groups is 1. The highest BCUT2D eigenvalue weighted by atomic mass is 16.3. The fraction of sp³-hybridized carbons (Fsp3) is 0.556. The fourth-order valence-corrected chi connectivity index (χ4v) is 0.996. The van der Waals surface area contributed by atoms with Crippen LogP contribution in [-0.2, 0) is 6.54 Å². The first-order chi connectivity index (χ1) is 5.86. The fourth-order valence-electron chi connectivity index (χ4n) is 0.996. The molecule has 0 amide bonds. The van der Waals surface area contributed by atoms with Crippen LogP contribution in [0.15, 0.2) is 22.8 Å². The van der Waals surface area contributed by atoms with Crippen LogP contribution in [-0.4, -0.2) is 17.8 Å². The monoisotopic (exact) mass is 169 g/mol. The summed E-state index contributed by atoms with van der Waals surface area (Å²) in [6.45, 7) is 2.90. The third-order valence-electron chi connectivity index (χ3n) is 1.86. The maximum Gasteiger partial charge on any atom is 0.117 e. The Bertz CT molecular complexity index is 192. The Morgan fingerprint density at radius 2 is 2.50 bits per heavy atom. The van der Waals surface area contributed by atoms with E-state index in [-0.39, 0.29) is 12.6 Å². The highest BCUT2D eigenvalue weighted by molar-refractivity contribution is 4.97. The SMILES string of the molecule is CCC(CO)NCc1ccco1. The van der Waals surface area contributed by atoms with Crippen LogP contribution < -0.4 is 5.32 Å². The maximum atomic E-state index is 8.86. The molecule has 3 nitrogen and oxygen atoms in total. The van der Waals surface area contributed by atoms with Crippen LogP contribution in [0.1, 0.15) is 19.1 Å². The van der Waals surface area contributed by atoms with E-state index < -0.39 is 0 Å². The number of hydrogen-bond acceptors (Lipinski definition) is 3. The first-order valence-electron chi connectivity index (χ1n) is 4.23. The Balaban J connectivity index is 2.25. The quantitative estimate of drug-likeness (QED) is 0.694. The third-order valence-corrected chi connectivity index (χ3v) is 1.86. The maximum absolute atomic E-state index is 8.86. The van der Waals surface area contributed by atoms with Crippen molar-refractivity contribution in [2.45, 2.75) is 25.9 Å².